The van der Waals surface area contributed by atoms with Gasteiger partial charge in [0.25, 0.3) is 0 Å². The van der Waals surface area contributed by atoms with Crippen LogP contribution in [0.15, 0.2) is 30.3 Å². The van der Waals surface area contributed by atoms with Gasteiger partial charge < -0.3 is 4.98 Å². The molecule has 0 saturated heterocycles. The zero-order valence-electron chi connectivity index (χ0n) is 12.9. The fourth-order valence-corrected chi connectivity index (χ4v) is 2.93. The Morgan fingerprint density at radius 1 is 1.17 bits per heavy atom. The Balaban J connectivity index is 2.28. The summed E-state index contributed by atoms with van der Waals surface area (Å²) in [6.45, 7) is 3.74. The second-order valence-electron chi connectivity index (χ2n) is 5.64. The summed E-state index contributed by atoms with van der Waals surface area (Å²) in [5.41, 5.74) is 4.90. The number of H-pyrrole nitrogens is 1. The quantitative estimate of drug-likeness (QED) is 0.722. The number of aldehydes is 1. The minimum atomic E-state index is -2.46. The summed E-state index contributed by atoms with van der Waals surface area (Å²) in [6.07, 6.45) is -2.10. The van der Waals surface area contributed by atoms with Crippen LogP contribution in [0.4, 0.5) is 8.78 Å². The molecule has 0 aliphatic rings. The van der Waals surface area contributed by atoms with Crippen LogP contribution >= 0.6 is 0 Å². The molecule has 0 bridgehead atoms. The van der Waals surface area contributed by atoms with E-state index in [9.17, 15) is 13.6 Å². The first-order valence-corrected chi connectivity index (χ1v) is 7.31. The van der Waals surface area contributed by atoms with Crippen LogP contribution in [0.5, 0.6) is 0 Å². The van der Waals surface area contributed by atoms with E-state index >= 15 is 0 Å². The number of nitrogens with zero attached hydrogens (tertiary/aromatic N) is 1. The third-order valence-electron chi connectivity index (χ3n) is 3.79. The molecule has 23 heavy (non-hydrogen) atoms. The predicted octanol–water partition coefficient (Wildman–Crippen LogP) is 4.47. The van der Waals surface area contributed by atoms with Gasteiger partial charge in [0.15, 0.2) is 0 Å². The lowest BCUT2D eigenvalue weighted by molar-refractivity contribution is 0.112. The number of pyridine rings is 1. The van der Waals surface area contributed by atoms with Crippen molar-refractivity contribution in [2.75, 3.05) is 0 Å². The van der Waals surface area contributed by atoms with Crippen LogP contribution < -0.4 is 0 Å². The molecule has 0 aliphatic carbocycles. The number of carbonyl (C=O) groups is 1. The molecule has 0 unspecified atom stereocenters. The number of alkyl halides is 2. The molecule has 0 amide bonds. The molecule has 3 rings (SSSR count). The fourth-order valence-electron chi connectivity index (χ4n) is 2.93. The van der Waals surface area contributed by atoms with Gasteiger partial charge in [-0.2, -0.15) is 0 Å². The minimum Gasteiger partial charge on any atom is -0.354 e. The number of halogens is 2. The number of aryl methyl sites for hydroxylation is 2. The third-order valence-corrected chi connectivity index (χ3v) is 3.79. The summed E-state index contributed by atoms with van der Waals surface area (Å²) < 4.78 is 26.1. The minimum absolute atomic E-state index is 0.363. The van der Waals surface area contributed by atoms with E-state index in [1.54, 1.807) is 18.2 Å². The van der Waals surface area contributed by atoms with Crippen molar-refractivity contribution in [2.24, 2.45) is 0 Å². The van der Waals surface area contributed by atoms with Crippen LogP contribution in [0.1, 0.15) is 27.3 Å². The molecular weight excluding hydrogens is 298 g/mol. The Kier molecular flexibility index (Phi) is 3.94. The van der Waals surface area contributed by atoms with Gasteiger partial charge in [-0.05, 0) is 49.7 Å². The Labute approximate surface area is 132 Å². The monoisotopic (exact) mass is 314 g/mol. The summed E-state index contributed by atoms with van der Waals surface area (Å²) >= 11 is 0. The van der Waals surface area contributed by atoms with Crippen molar-refractivity contribution in [1.82, 2.24) is 9.97 Å². The van der Waals surface area contributed by atoms with Gasteiger partial charge in [-0.1, -0.05) is 0 Å². The van der Waals surface area contributed by atoms with Crippen LogP contribution in [-0.4, -0.2) is 22.7 Å². The van der Waals surface area contributed by atoms with Crippen molar-refractivity contribution in [3.05, 3.63) is 52.8 Å². The van der Waals surface area contributed by atoms with Crippen LogP contribution in [0.2, 0.25) is 0 Å². The van der Waals surface area contributed by atoms with E-state index in [0.717, 1.165) is 28.8 Å². The SMILES string of the molecule is Cc1cc(-c2[nH]c3ccc(C=O)cc3c2CC(F)F)cc(C)n1. The molecule has 0 radical (unpaired) electrons. The van der Waals surface area contributed by atoms with Crippen LogP contribution in [-0.2, 0) is 6.42 Å². The van der Waals surface area contributed by atoms with Gasteiger partial charge >= 0.3 is 0 Å². The Bertz CT molecular complexity index is 864. The summed E-state index contributed by atoms with van der Waals surface area (Å²) in [5, 5.41) is 0.664. The maximum atomic E-state index is 13.1. The summed E-state index contributed by atoms with van der Waals surface area (Å²) in [5.74, 6) is 0. The van der Waals surface area contributed by atoms with E-state index < -0.39 is 6.43 Å². The summed E-state index contributed by atoms with van der Waals surface area (Å²) in [6, 6.07) is 8.81. The smallest absolute Gasteiger partial charge is 0.242 e. The van der Waals surface area contributed by atoms with E-state index in [-0.39, 0.29) is 6.42 Å². The van der Waals surface area contributed by atoms with Crippen molar-refractivity contribution in [3.8, 4) is 11.3 Å². The molecular formula is C18H16F2N2O. The molecule has 3 nitrogen and oxygen atoms in total. The molecule has 118 valence electrons. The second kappa shape index (κ2) is 5.91. The van der Waals surface area contributed by atoms with Crippen LogP contribution in [0.3, 0.4) is 0 Å². The first kappa shape index (κ1) is 15.3. The van der Waals surface area contributed by atoms with Crippen molar-refractivity contribution in [1.29, 1.82) is 0 Å². The van der Waals surface area contributed by atoms with Gasteiger partial charge in [0.2, 0.25) is 6.43 Å². The van der Waals surface area contributed by atoms with Gasteiger partial charge in [0.1, 0.15) is 6.29 Å². The largest absolute Gasteiger partial charge is 0.354 e. The Morgan fingerprint density at radius 3 is 2.48 bits per heavy atom. The van der Waals surface area contributed by atoms with Gasteiger partial charge in [0, 0.05) is 39.8 Å². The number of carbonyl (C=O) groups excluding carboxylic acids is 1. The number of benzene rings is 1. The van der Waals surface area contributed by atoms with Gasteiger partial charge in [-0.3, -0.25) is 9.78 Å². The lowest BCUT2D eigenvalue weighted by Crippen LogP contribution is -1.99. The van der Waals surface area contributed by atoms with E-state index in [1.807, 2.05) is 26.0 Å². The van der Waals surface area contributed by atoms with Crippen molar-refractivity contribution in [2.45, 2.75) is 26.7 Å². The first-order chi connectivity index (χ1) is 11.0. The van der Waals surface area contributed by atoms with E-state index in [4.69, 9.17) is 0 Å². The third kappa shape index (κ3) is 2.99. The Morgan fingerprint density at radius 2 is 1.87 bits per heavy atom. The lowest BCUT2D eigenvalue weighted by atomic mass is 10.0. The number of fused-ring (bicyclic) bond motifs is 1. The molecule has 2 heterocycles. The number of nitrogens with one attached hydrogen (secondary N) is 1. The zero-order valence-corrected chi connectivity index (χ0v) is 12.9. The molecule has 1 N–H and O–H groups in total. The number of hydrogen-bond acceptors (Lipinski definition) is 2. The Hall–Kier alpha value is -2.56. The highest BCUT2D eigenvalue weighted by Crippen LogP contribution is 2.33. The van der Waals surface area contributed by atoms with E-state index in [2.05, 4.69) is 9.97 Å². The second-order valence-corrected chi connectivity index (χ2v) is 5.64. The van der Waals surface area contributed by atoms with Crippen LogP contribution in [0.25, 0.3) is 22.2 Å². The zero-order chi connectivity index (χ0) is 16.6. The number of aromatic amines is 1. The highest BCUT2D eigenvalue weighted by molar-refractivity contribution is 5.94. The van der Waals surface area contributed by atoms with Crippen molar-refractivity contribution >= 4 is 17.2 Å². The molecule has 0 atom stereocenters. The molecule has 1 aromatic carbocycles. The number of hydrogen-bond donors (Lipinski definition) is 1. The average Bonchev–Trinajstić information content (AvgIpc) is 2.83. The van der Waals surface area contributed by atoms with Crippen molar-refractivity contribution < 1.29 is 13.6 Å². The van der Waals surface area contributed by atoms with Crippen LogP contribution in [0, 0.1) is 13.8 Å². The average molecular weight is 314 g/mol. The molecule has 2 aromatic heterocycles. The highest BCUT2D eigenvalue weighted by atomic mass is 19.3. The lowest BCUT2D eigenvalue weighted by Gasteiger charge is -2.07. The van der Waals surface area contributed by atoms with Gasteiger partial charge in [0.05, 0.1) is 5.69 Å². The molecule has 3 aromatic rings. The van der Waals surface area contributed by atoms with E-state index in [0.29, 0.717) is 22.2 Å². The summed E-state index contributed by atoms with van der Waals surface area (Å²) in [7, 11) is 0. The maximum Gasteiger partial charge on any atom is 0.242 e. The molecule has 0 spiro atoms. The molecule has 0 fully saturated rings. The summed E-state index contributed by atoms with van der Waals surface area (Å²) in [4.78, 5) is 18.5. The topological polar surface area (TPSA) is 45.8 Å². The maximum absolute atomic E-state index is 13.1. The number of aromatic nitrogens is 2. The first-order valence-electron chi connectivity index (χ1n) is 7.31. The van der Waals surface area contributed by atoms with E-state index in [1.165, 1.54) is 0 Å². The van der Waals surface area contributed by atoms with Crippen molar-refractivity contribution in [3.63, 3.8) is 0 Å². The van der Waals surface area contributed by atoms with Gasteiger partial charge in [-0.25, -0.2) is 8.78 Å². The molecule has 5 heteroatoms. The molecule has 0 aliphatic heterocycles. The molecule has 0 saturated carbocycles. The normalized spacial score (nSPS) is 11.3. The van der Waals surface area contributed by atoms with Gasteiger partial charge in [-0.15, -0.1) is 0 Å². The standard InChI is InChI=1S/C18H16F2N2O/c1-10-5-13(6-11(2)21-10)18-15(8-17(19)20)14-7-12(9-23)3-4-16(14)22-18/h3-7,9,17,22H,8H2,1-2H3. The fraction of sp³-hybridized carbons (Fsp3) is 0.222. The highest BCUT2D eigenvalue weighted by Gasteiger charge is 2.18. The number of rotatable bonds is 4. The predicted molar refractivity (Wildman–Crippen MR) is 86.1 cm³/mol.